The Morgan fingerprint density at radius 1 is 1.33 bits per heavy atom. The van der Waals surface area contributed by atoms with Gasteiger partial charge in [0.25, 0.3) is 0 Å². The van der Waals surface area contributed by atoms with Crippen molar-refractivity contribution >= 4 is 17.5 Å². The van der Waals surface area contributed by atoms with E-state index in [4.69, 9.17) is 11.6 Å². The third-order valence-corrected chi connectivity index (χ3v) is 4.47. The summed E-state index contributed by atoms with van der Waals surface area (Å²) in [4.78, 5) is 14.4. The van der Waals surface area contributed by atoms with Crippen molar-refractivity contribution in [2.45, 2.75) is 45.1 Å². The van der Waals surface area contributed by atoms with Gasteiger partial charge >= 0.3 is 0 Å². The molecule has 0 aromatic heterocycles. The maximum absolute atomic E-state index is 12.0. The van der Waals surface area contributed by atoms with E-state index in [1.807, 2.05) is 24.3 Å². The third kappa shape index (κ3) is 5.33. The van der Waals surface area contributed by atoms with Crippen LogP contribution in [0.1, 0.15) is 38.2 Å². The molecular weight excluding hydrogens is 284 g/mol. The smallest absolute Gasteiger partial charge is 0.234 e. The highest BCUT2D eigenvalue weighted by Gasteiger charge is 2.22. The van der Waals surface area contributed by atoms with Crippen LogP contribution in [0.5, 0.6) is 0 Å². The van der Waals surface area contributed by atoms with Crippen LogP contribution in [0.2, 0.25) is 5.02 Å². The zero-order chi connectivity index (χ0) is 15.1. The summed E-state index contributed by atoms with van der Waals surface area (Å²) in [5.74, 6) is 0.143. The summed E-state index contributed by atoms with van der Waals surface area (Å²) in [7, 11) is 0. The molecule has 21 heavy (non-hydrogen) atoms. The van der Waals surface area contributed by atoms with Gasteiger partial charge in [-0.3, -0.25) is 9.69 Å². The number of nitrogens with one attached hydrogen (secondary N) is 1. The molecule has 116 valence electrons. The molecule has 0 radical (unpaired) electrons. The Labute approximate surface area is 132 Å². The van der Waals surface area contributed by atoms with Crippen LogP contribution < -0.4 is 5.32 Å². The first-order valence-corrected chi connectivity index (χ1v) is 8.32. The molecule has 1 aromatic carbocycles. The van der Waals surface area contributed by atoms with E-state index in [0.717, 1.165) is 24.4 Å². The number of carbonyl (C=O) groups excluding carboxylic acids is 1. The van der Waals surface area contributed by atoms with Crippen molar-refractivity contribution in [1.29, 1.82) is 0 Å². The Hall–Kier alpha value is -1.06. The molecule has 1 aliphatic rings. The second kappa shape index (κ2) is 8.40. The van der Waals surface area contributed by atoms with E-state index in [2.05, 4.69) is 17.1 Å². The molecule has 1 aromatic rings. The Balaban J connectivity index is 1.70. The minimum Gasteiger partial charge on any atom is -0.355 e. The van der Waals surface area contributed by atoms with Crippen LogP contribution >= 0.6 is 11.6 Å². The second-order valence-electron chi connectivity index (χ2n) is 5.75. The van der Waals surface area contributed by atoms with Gasteiger partial charge in [0.05, 0.1) is 6.54 Å². The fourth-order valence-electron chi connectivity index (χ4n) is 2.97. The van der Waals surface area contributed by atoms with Gasteiger partial charge in [0.2, 0.25) is 5.91 Å². The van der Waals surface area contributed by atoms with Crippen molar-refractivity contribution in [3.8, 4) is 0 Å². The molecule has 3 nitrogen and oxygen atoms in total. The Kier molecular flexibility index (Phi) is 6.52. The number of rotatable bonds is 6. The number of nitrogens with zero attached hydrogens (tertiary/aromatic N) is 1. The van der Waals surface area contributed by atoms with Crippen LogP contribution in [0.4, 0.5) is 0 Å². The van der Waals surface area contributed by atoms with Gasteiger partial charge in [-0.25, -0.2) is 0 Å². The van der Waals surface area contributed by atoms with Gasteiger partial charge in [-0.05, 0) is 49.9 Å². The van der Waals surface area contributed by atoms with Crippen molar-refractivity contribution in [2.75, 3.05) is 19.6 Å². The Bertz CT molecular complexity index is 447. The van der Waals surface area contributed by atoms with Crippen molar-refractivity contribution < 1.29 is 4.79 Å². The molecule has 1 atom stereocenters. The van der Waals surface area contributed by atoms with Crippen molar-refractivity contribution in [3.05, 3.63) is 34.9 Å². The van der Waals surface area contributed by atoms with Gasteiger partial charge in [-0.1, -0.05) is 37.1 Å². The van der Waals surface area contributed by atoms with E-state index < -0.39 is 0 Å². The van der Waals surface area contributed by atoms with E-state index >= 15 is 0 Å². The van der Waals surface area contributed by atoms with Crippen LogP contribution in [0.15, 0.2) is 24.3 Å². The van der Waals surface area contributed by atoms with E-state index in [9.17, 15) is 4.79 Å². The number of benzene rings is 1. The number of carbonyl (C=O) groups is 1. The third-order valence-electron chi connectivity index (χ3n) is 4.22. The first kappa shape index (κ1) is 16.3. The SMILES string of the molecule is CCC1CCCCN1CC(=O)NCCc1ccc(Cl)cc1. The van der Waals surface area contributed by atoms with Crippen molar-refractivity contribution in [3.63, 3.8) is 0 Å². The molecule has 2 rings (SSSR count). The first-order valence-electron chi connectivity index (χ1n) is 7.94. The van der Waals surface area contributed by atoms with Crippen LogP contribution in [-0.4, -0.2) is 36.5 Å². The fourth-order valence-corrected chi connectivity index (χ4v) is 3.09. The van der Waals surface area contributed by atoms with Gasteiger partial charge in [0.15, 0.2) is 0 Å². The maximum atomic E-state index is 12.0. The van der Waals surface area contributed by atoms with E-state index in [0.29, 0.717) is 19.1 Å². The van der Waals surface area contributed by atoms with Crippen molar-refractivity contribution in [1.82, 2.24) is 10.2 Å². The highest BCUT2D eigenvalue weighted by atomic mass is 35.5. The van der Waals surface area contributed by atoms with Crippen LogP contribution in [0, 0.1) is 0 Å². The molecule has 1 heterocycles. The molecular formula is C17H25ClN2O. The number of halogens is 1. The van der Waals surface area contributed by atoms with Crippen LogP contribution in [0.3, 0.4) is 0 Å². The predicted octanol–water partition coefficient (Wildman–Crippen LogP) is 3.26. The molecule has 0 spiro atoms. The molecule has 0 saturated carbocycles. The molecule has 1 saturated heterocycles. The summed E-state index contributed by atoms with van der Waals surface area (Å²) in [6, 6.07) is 8.37. The number of piperidine rings is 1. The lowest BCUT2D eigenvalue weighted by atomic mass is 10.00. The zero-order valence-electron chi connectivity index (χ0n) is 12.8. The van der Waals surface area contributed by atoms with Gasteiger partial charge < -0.3 is 5.32 Å². The minimum atomic E-state index is 0.143. The average Bonchev–Trinajstić information content (AvgIpc) is 2.50. The Morgan fingerprint density at radius 3 is 2.81 bits per heavy atom. The van der Waals surface area contributed by atoms with Crippen molar-refractivity contribution in [2.24, 2.45) is 0 Å². The minimum absolute atomic E-state index is 0.143. The van der Waals surface area contributed by atoms with Gasteiger partial charge in [-0.2, -0.15) is 0 Å². The first-order chi connectivity index (χ1) is 10.2. The van der Waals surface area contributed by atoms with E-state index in [1.165, 1.54) is 24.8 Å². The summed E-state index contributed by atoms with van der Waals surface area (Å²) in [5, 5.41) is 3.77. The molecule has 4 heteroatoms. The molecule has 0 bridgehead atoms. The monoisotopic (exact) mass is 308 g/mol. The fraction of sp³-hybridized carbons (Fsp3) is 0.588. The largest absolute Gasteiger partial charge is 0.355 e. The quantitative estimate of drug-likeness (QED) is 0.875. The topological polar surface area (TPSA) is 32.3 Å². The average molecular weight is 309 g/mol. The maximum Gasteiger partial charge on any atom is 0.234 e. The lowest BCUT2D eigenvalue weighted by Crippen LogP contribution is -2.45. The molecule has 1 fully saturated rings. The molecule has 1 aliphatic heterocycles. The molecule has 0 aliphatic carbocycles. The van der Waals surface area contributed by atoms with Crippen LogP contribution in [-0.2, 0) is 11.2 Å². The van der Waals surface area contributed by atoms with Gasteiger partial charge in [0.1, 0.15) is 0 Å². The lowest BCUT2D eigenvalue weighted by Gasteiger charge is -2.34. The highest BCUT2D eigenvalue weighted by molar-refractivity contribution is 6.30. The molecule has 1 N–H and O–H groups in total. The predicted molar refractivity (Wildman–Crippen MR) is 87.7 cm³/mol. The summed E-state index contributed by atoms with van der Waals surface area (Å²) in [6.07, 6.45) is 5.73. The summed E-state index contributed by atoms with van der Waals surface area (Å²) < 4.78 is 0. The normalized spacial score (nSPS) is 19.4. The van der Waals surface area contributed by atoms with E-state index in [1.54, 1.807) is 0 Å². The summed E-state index contributed by atoms with van der Waals surface area (Å²) in [5.41, 5.74) is 1.20. The van der Waals surface area contributed by atoms with Gasteiger partial charge in [-0.15, -0.1) is 0 Å². The van der Waals surface area contributed by atoms with Gasteiger partial charge in [0, 0.05) is 17.6 Å². The number of amides is 1. The number of hydrogen-bond acceptors (Lipinski definition) is 2. The molecule has 1 unspecified atom stereocenters. The van der Waals surface area contributed by atoms with Crippen LogP contribution in [0.25, 0.3) is 0 Å². The second-order valence-corrected chi connectivity index (χ2v) is 6.19. The summed E-state index contributed by atoms with van der Waals surface area (Å²) >= 11 is 5.86. The Morgan fingerprint density at radius 2 is 2.10 bits per heavy atom. The lowest BCUT2D eigenvalue weighted by molar-refractivity contribution is -0.123. The standard InChI is InChI=1S/C17H25ClN2O/c1-2-16-5-3-4-12-20(16)13-17(21)19-11-10-14-6-8-15(18)9-7-14/h6-9,16H,2-5,10-13H2,1H3,(H,19,21). The zero-order valence-corrected chi connectivity index (χ0v) is 13.5. The molecule has 1 amide bonds. The van der Waals surface area contributed by atoms with E-state index in [-0.39, 0.29) is 5.91 Å². The number of hydrogen-bond donors (Lipinski definition) is 1. The number of likely N-dealkylation sites (tertiary alicyclic amines) is 1. The highest BCUT2D eigenvalue weighted by Crippen LogP contribution is 2.18. The summed E-state index contributed by atoms with van der Waals surface area (Å²) in [6.45, 7) is 4.49.